The van der Waals surface area contributed by atoms with Gasteiger partial charge in [-0.15, -0.1) is 0 Å². The van der Waals surface area contributed by atoms with E-state index in [1.807, 2.05) is 0 Å². The van der Waals surface area contributed by atoms with Crippen LogP contribution < -0.4 is 5.32 Å². The summed E-state index contributed by atoms with van der Waals surface area (Å²) < 4.78 is 0. The van der Waals surface area contributed by atoms with Gasteiger partial charge in [-0.2, -0.15) is 0 Å². The summed E-state index contributed by atoms with van der Waals surface area (Å²) in [7, 11) is 0. The first kappa shape index (κ1) is 9.51. The summed E-state index contributed by atoms with van der Waals surface area (Å²) in [5.41, 5.74) is 0. The van der Waals surface area contributed by atoms with Crippen LogP contribution in [0.3, 0.4) is 0 Å². The molecule has 0 spiro atoms. The summed E-state index contributed by atoms with van der Waals surface area (Å²) >= 11 is 0. The average molecular weight is 181 g/mol. The van der Waals surface area contributed by atoms with Crippen LogP contribution in [-0.2, 0) is 0 Å². The van der Waals surface area contributed by atoms with Crippen molar-refractivity contribution in [3.05, 3.63) is 0 Å². The molecule has 1 aliphatic heterocycles. The van der Waals surface area contributed by atoms with Crippen molar-refractivity contribution in [2.24, 2.45) is 17.8 Å². The fourth-order valence-electron chi connectivity index (χ4n) is 3.19. The topological polar surface area (TPSA) is 12.0 Å². The van der Waals surface area contributed by atoms with Gasteiger partial charge in [-0.25, -0.2) is 0 Å². The largest absolute Gasteiger partial charge is 0.316 e. The minimum atomic E-state index is 1.00. The fourth-order valence-corrected chi connectivity index (χ4v) is 3.19. The minimum absolute atomic E-state index is 1.00. The van der Waals surface area contributed by atoms with E-state index in [-0.39, 0.29) is 0 Å². The summed E-state index contributed by atoms with van der Waals surface area (Å²) in [5.74, 6) is 3.06. The van der Waals surface area contributed by atoms with Gasteiger partial charge < -0.3 is 5.32 Å². The zero-order valence-electron chi connectivity index (χ0n) is 8.89. The third kappa shape index (κ3) is 2.46. The molecule has 2 fully saturated rings. The molecule has 13 heavy (non-hydrogen) atoms. The quantitative estimate of drug-likeness (QED) is 0.656. The Morgan fingerprint density at radius 2 is 1.85 bits per heavy atom. The lowest BCUT2D eigenvalue weighted by molar-refractivity contribution is 0.176. The van der Waals surface area contributed by atoms with Crippen molar-refractivity contribution >= 4 is 0 Å². The number of hydrogen-bond acceptors (Lipinski definition) is 1. The van der Waals surface area contributed by atoms with Crippen molar-refractivity contribution in [1.29, 1.82) is 0 Å². The molecule has 1 saturated heterocycles. The van der Waals surface area contributed by atoms with Gasteiger partial charge in [0, 0.05) is 0 Å². The predicted molar refractivity (Wildman–Crippen MR) is 56.7 cm³/mol. The Labute approximate surface area is 82.3 Å². The highest BCUT2D eigenvalue weighted by molar-refractivity contribution is 4.80. The molecule has 0 aromatic carbocycles. The van der Waals surface area contributed by atoms with E-state index in [4.69, 9.17) is 0 Å². The second-order valence-electron chi connectivity index (χ2n) is 5.14. The van der Waals surface area contributed by atoms with Crippen LogP contribution >= 0.6 is 0 Å². The average Bonchev–Trinajstić information content (AvgIpc) is 2.19. The Morgan fingerprint density at radius 1 is 1.00 bits per heavy atom. The molecular weight excluding hydrogens is 158 g/mol. The van der Waals surface area contributed by atoms with Gasteiger partial charge in [-0.3, -0.25) is 0 Å². The third-order valence-electron chi connectivity index (χ3n) is 3.98. The Hall–Kier alpha value is -0.0400. The van der Waals surface area contributed by atoms with Crippen molar-refractivity contribution in [2.45, 2.75) is 45.4 Å². The van der Waals surface area contributed by atoms with E-state index >= 15 is 0 Å². The molecule has 1 heteroatoms. The molecule has 1 aliphatic carbocycles. The molecule has 0 aromatic rings. The standard InChI is InChI=1S/C12H23N/c1-10-4-2-5-11(8-10)12-6-3-7-13-9-12/h10-13H,2-9H2,1H3. The van der Waals surface area contributed by atoms with Crippen LogP contribution in [0.15, 0.2) is 0 Å². The molecule has 3 unspecified atom stereocenters. The molecule has 0 bridgehead atoms. The number of rotatable bonds is 1. The lowest BCUT2D eigenvalue weighted by atomic mass is 9.73. The van der Waals surface area contributed by atoms with Crippen molar-refractivity contribution < 1.29 is 0 Å². The molecular formula is C12H23N. The second kappa shape index (κ2) is 4.45. The van der Waals surface area contributed by atoms with Gasteiger partial charge in [0.05, 0.1) is 0 Å². The van der Waals surface area contributed by atoms with E-state index in [1.54, 1.807) is 0 Å². The van der Waals surface area contributed by atoms with E-state index in [2.05, 4.69) is 12.2 Å². The Morgan fingerprint density at radius 3 is 2.54 bits per heavy atom. The Bertz CT molecular complexity index is 149. The van der Waals surface area contributed by atoms with Crippen LogP contribution in [0.5, 0.6) is 0 Å². The molecule has 0 radical (unpaired) electrons. The highest BCUT2D eigenvalue weighted by atomic mass is 14.9. The highest BCUT2D eigenvalue weighted by Crippen LogP contribution is 2.35. The third-order valence-corrected chi connectivity index (χ3v) is 3.98. The van der Waals surface area contributed by atoms with Crippen molar-refractivity contribution in [3.63, 3.8) is 0 Å². The molecule has 3 atom stereocenters. The van der Waals surface area contributed by atoms with Gasteiger partial charge in [-0.1, -0.05) is 26.2 Å². The first-order chi connectivity index (χ1) is 6.36. The first-order valence-corrected chi connectivity index (χ1v) is 6.07. The summed E-state index contributed by atoms with van der Waals surface area (Å²) in [5, 5.41) is 3.55. The normalized spacial score (nSPS) is 41.8. The van der Waals surface area contributed by atoms with Gasteiger partial charge >= 0.3 is 0 Å². The van der Waals surface area contributed by atoms with Gasteiger partial charge in [0.15, 0.2) is 0 Å². The highest BCUT2D eigenvalue weighted by Gasteiger charge is 2.27. The van der Waals surface area contributed by atoms with E-state index in [0.29, 0.717) is 0 Å². The van der Waals surface area contributed by atoms with Crippen molar-refractivity contribution in [2.75, 3.05) is 13.1 Å². The molecule has 0 amide bonds. The summed E-state index contributed by atoms with van der Waals surface area (Å²) in [4.78, 5) is 0. The van der Waals surface area contributed by atoms with Crippen LogP contribution in [-0.4, -0.2) is 13.1 Å². The lowest BCUT2D eigenvalue weighted by Gasteiger charge is -2.35. The lowest BCUT2D eigenvalue weighted by Crippen LogP contribution is -2.35. The smallest absolute Gasteiger partial charge is 0.00179 e. The zero-order chi connectivity index (χ0) is 9.10. The number of hydrogen-bond donors (Lipinski definition) is 1. The number of piperidine rings is 1. The first-order valence-electron chi connectivity index (χ1n) is 6.07. The fraction of sp³-hybridized carbons (Fsp3) is 1.00. The van der Waals surface area contributed by atoms with Gasteiger partial charge in [0.1, 0.15) is 0 Å². The van der Waals surface area contributed by atoms with E-state index in [1.165, 1.54) is 51.6 Å². The maximum Gasteiger partial charge on any atom is -0.00179 e. The predicted octanol–water partition coefficient (Wildman–Crippen LogP) is 2.81. The molecule has 76 valence electrons. The minimum Gasteiger partial charge on any atom is -0.316 e. The second-order valence-corrected chi connectivity index (χ2v) is 5.14. The molecule has 1 heterocycles. The van der Waals surface area contributed by atoms with Crippen molar-refractivity contribution in [1.82, 2.24) is 5.32 Å². The van der Waals surface area contributed by atoms with Gasteiger partial charge in [0.25, 0.3) is 0 Å². The molecule has 1 saturated carbocycles. The molecule has 0 aromatic heterocycles. The van der Waals surface area contributed by atoms with Gasteiger partial charge in [-0.05, 0) is 50.1 Å². The maximum absolute atomic E-state index is 3.55. The van der Waals surface area contributed by atoms with E-state index in [0.717, 1.165) is 17.8 Å². The van der Waals surface area contributed by atoms with Crippen LogP contribution in [0.2, 0.25) is 0 Å². The van der Waals surface area contributed by atoms with Gasteiger partial charge in [0.2, 0.25) is 0 Å². The van der Waals surface area contributed by atoms with Crippen molar-refractivity contribution in [3.8, 4) is 0 Å². The molecule has 2 aliphatic rings. The zero-order valence-corrected chi connectivity index (χ0v) is 8.89. The van der Waals surface area contributed by atoms with Crippen LogP contribution in [0.1, 0.15) is 45.4 Å². The Kier molecular flexibility index (Phi) is 3.26. The molecule has 2 rings (SSSR count). The van der Waals surface area contributed by atoms with Crippen LogP contribution in [0.4, 0.5) is 0 Å². The summed E-state index contributed by atoms with van der Waals surface area (Å²) in [6.07, 6.45) is 8.89. The monoisotopic (exact) mass is 181 g/mol. The van der Waals surface area contributed by atoms with Crippen LogP contribution in [0.25, 0.3) is 0 Å². The maximum atomic E-state index is 3.55. The molecule has 1 nitrogen and oxygen atoms in total. The SMILES string of the molecule is CC1CCCC(C2CCCNC2)C1. The molecule has 1 N–H and O–H groups in total. The van der Waals surface area contributed by atoms with E-state index < -0.39 is 0 Å². The summed E-state index contributed by atoms with van der Waals surface area (Å²) in [6, 6.07) is 0. The van der Waals surface area contributed by atoms with Crippen LogP contribution in [0, 0.1) is 17.8 Å². The van der Waals surface area contributed by atoms with E-state index in [9.17, 15) is 0 Å². The Balaban J connectivity index is 1.83. The number of nitrogens with one attached hydrogen (secondary N) is 1. The summed E-state index contributed by atoms with van der Waals surface area (Å²) in [6.45, 7) is 5.00.